The van der Waals surface area contributed by atoms with Gasteiger partial charge in [0.25, 0.3) is 0 Å². The second-order valence-corrected chi connectivity index (χ2v) is 5.79. The summed E-state index contributed by atoms with van der Waals surface area (Å²) in [5.41, 5.74) is 2.59. The standard InChI is InChI=1S/C16H18N4/c1-16(2)11-18-7-8-20(16)15-12(9-17)10-19-14-6-4-3-5-13(14)15/h3-6,10,18H,7-8,11H2,1-2H3. The van der Waals surface area contributed by atoms with E-state index in [4.69, 9.17) is 0 Å². The zero-order valence-corrected chi connectivity index (χ0v) is 11.8. The average molecular weight is 266 g/mol. The first-order valence-electron chi connectivity index (χ1n) is 6.90. The van der Waals surface area contributed by atoms with Crippen LogP contribution in [0.25, 0.3) is 10.9 Å². The third-order valence-electron chi connectivity index (χ3n) is 3.94. The van der Waals surface area contributed by atoms with E-state index in [1.807, 2.05) is 18.2 Å². The van der Waals surface area contributed by atoms with Crippen LogP contribution in [0.15, 0.2) is 30.5 Å². The molecule has 3 rings (SSSR count). The van der Waals surface area contributed by atoms with Gasteiger partial charge in [0.15, 0.2) is 0 Å². The number of pyridine rings is 1. The molecule has 0 amide bonds. The number of aromatic nitrogens is 1. The second-order valence-electron chi connectivity index (χ2n) is 5.79. The van der Waals surface area contributed by atoms with Gasteiger partial charge in [-0.05, 0) is 19.9 Å². The molecule has 1 aromatic carbocycles. The highest BCUT2D eigenvalue weighted by Gasteiger charge is 2.32. The molecule has 1 aliphatic heterocycles. The highest BCUT2D eigenvalue weighted by atomic mass is 15.3. The van der Waals surface area contributed by atoms with Gasteiger partial charge in [0, 0.05) is 36.8 Å². The Morgan fingerprint density at radius 3 is 2.90 bits per heavy atom. The van der Waals surface area contributed by atoms with E-state index in [2.05, 4.69) is 41.2 Å². The number of para-hydroxylation sites is 1. The van der Waals surface area contributed by atoms with Gasteiger partial charge in [-0.2, -0.15) is 5.26 Å². The summed E-state index contributed by atoms with van der Waals surface area (Å²) in [5, 5.41) is 13.9. The van der Waals surface area contributed by atoms with Gasteiger partial charge in [-0.3, -0.25) is 4.98 Å². The Bertz CT molecular complexity index is 684. The molecule has 1 aromatic heterocycles. The fraction of sp³-hybridized carbons (Fsp3) is 0.375. The SMILES string of the molecule is CC1(C)CNCCN1c1c(C#N)cnc2ccccc12. The second kappa shape index (κ2) is 4.77. The van der Waals surface area contributed by atoms with Crippen molar-refractivity contribution in [3.63, 3.8) is 0 Å². The van der Waals surface area contributed by atoms with Crippen molar-refractivity contribution in [1.82, 2.24) is 10.3 Å². The summed E-state index contributed by atoms with van der Waals surface area (Å²) in [6, 6.07) is 10.3. The van der Waals surface area contributed by atoms with Crippen LogP contribution in [0.4, 0.5) is 5.69 Å². The normalized spacial score (nSPS) is 17.9. The summed E-state index contributed by atoms with van der Waals surface area (Å²) in [6.45, 7) is 7.15. The lowest BCUT2D eigenvalue weighted by molar-refractivity contribution is 0.381. The highest BCUT2D eigenvalue weighted by molar-refractivity contribution is 5.94. The van der Waals surface area contributed by atoms with Crippen LogP contribution in [0, 0.1) is 11.3 Å². The third kappa shape index (κ3) is 2.00. The minimum absolute atomic E-state index is 0.0199. The Labute approximate surface area is 119 Å². The molecule has 0 spiro atoms. The summed E-state index contributed by atoms with van der Waals surface area (Å²) < 4.78 is 0. The number of benzene rings is 1. The van der Waals surface area contributed by atoms with Gasteiger partial charge in [0.05, 0.1) is 16.8 Å². The van der Waals surface area contributed by atoms with Gasteiger partial charge in [-0.15, -0.1) is 0 Å². The lowest BCUT2D eigenvalue weighted by Crippen LogP contribution is -2.58. The van der Waals surface area contributed by atoms with E-state index in [1.54, 1.807) is 6.20 Å². The summed E-state index contributed by atoms with van der Waals surface area (Å²) >= 11 is 0. The van der Waals surface area contributed by atoms with Crippen LogP contribution in [0.3, 0.4) is 0 Å². The summed E-state index contributed by atoms with van der Waals surface area (Å²) in [7, 11) is 0. The molecule has 4 heteroatoms. The number of hydrogen-bond donors (Lipinski definition) is 1. The van der Waals surface area contributed by atoms with E-state index >= 15 is 0 Å². The van der Waals surface area contributed by atoms with E-state index < -0.39 is 0 Å². The summed E-state index contributed by atoms with van der Waals surface area (Å²) in [4.78, 5) is 6.73. The largest absolute Gasteiger partial charge is 0.362 e. The van der Waals surface area contributed by atoms with Gasteiger partial charge in [0.1, 0.15) is 6.07 Å². The molecule has 4 nitrogen and oxygen atoms in total. The zero-order chi connectivity index (χ0) is 14.2. The van der Waals surface area contributed by atoms with Crippen LogP contribution in [-0.4, -0.2) is 30.2 Å². The van der Waals surface area contributed by atoms with Gasteiger partial charge < -0.3 is 10.2 Å². The molecule has 0 unspecified atom stereocenters. The van der Waals surface area contributed by atoms with E-state index in [0.717, 1.165) is 36.2 Å². The van der Waals surface area contributed by atoms with E-state index in [0.29, 0.717) is 5.56 Å². The molecule has 102 valence electrons. The molecule has 1 saturated heterocycles. The Hall–Kier alpha value is -2.12. The van der Waals surface area contributed by atoms with Crippen LogP contribution in [-0.2, 0) is 0 Å². The number of piperazine rings is 1. The first-order chi connectivity index (χ1) is 9.63. The van der Waals surface area contributed by atoms with Gasteiger partial charge in [-0.1, -0.05) is 18.2 Å². The fourth-order valence-corrected chi connectivity index (χ4v) is 2.90. The van der Waals surface area contributed by atoms with Crippen molar-refractivity contribution in [2.45, 2.75) is 19.4 Å². The topological polar surface area (TPSA) is 52.0 Å². The number of nitrogens with one attached hydrogen (secondary N) is 1. The predicted molar refractivity (Wildman–Crippen MR) is 80.8 cm³/mol. The molecule has 0 bridgehead atoms. The number of fused-ring (bicyclic) bond motifs is 1. The van der Waals surface area contributed by atoms with E-state index in [-0.39, 0.29) is 5.54 Å². The Kier molecular flexibility index (Phi) is 3.07. The first kappa shape index (κ1) is 12.9. The molecule has 0 aliphatic carbocycles. The van der Waals surface area contributed by atoms with Gasteiger partial charge in [0.2, 0.25) is 0 Å². The lowest BCUT2D eigenvalue weighted by Gasteiger charge is -2.45. The molecular formula is C16H18N4. The van der Waals surface area contributed by atoms with Crippen molar-refractivity contribution in [1.29, 1.82) is 5.26 Å². The number of rotatable bonds is 1. The van der Waals surface area contributed by atoms with Crippen LogP contribution in [0.5, 0.6) is 0 Å². The van der Waals surface area contributed by atoms with Crippen molar-refractivity contribution in [2.75, 3.05) is 24.5 Å². The van der Waals surface area contributed by atoms with Crippen LogP contribution < -0.4 is 10.2 Å². The van der Waals surface area contributed by atoms with Gasteiger partial charge in [-0.25, -0.2) is 0 Å². The summed E-state index contributed by atoms with van der Waals surface area (Å²) in [5.74, 6) is 0. The van der Waals surface area contributed by atoms with Crippen molar-refractivity contribution in [2.24, 2.45) is 0 Å². The fourth-order valence-electron chi connectivity index (χ4n) is 2.90. The molecule has 20 heavy (non-hydrogen) atoms. The van der Waals surface area contributed by atoms with Crippen molar-refractivity contribution < 1.29 is 0 Å². The van der Waals surface area contributed by atoms with Crippen LogP contribution in [0.2, 0.25) is 0 Å². The monoisotopic (exact) mass is 266 g/mol. The molecule has 1 aliphatic rings. The van der Waals surface area contributed by atoms with E-state index in [1.165, 1.54) is 0 Å². The minimum atomic E-state index is -0.0199. The molecule has 0 atom stereocenters. The van der Waals surface area contributed by atoms with Crippen LogP contribution in [0.1, 0.15) is 19.4 Å². The smallest absolute Gasteiger partial charge is 0.103 e. The van der Waals surface area contributed by atoms with Crippen molar-refractivity contribution in [3.8, 4) is 6.07 Å². The van der Waals surface area contributed by atoms with Gasteiger partial charge >= 0.3 is 0 Å². The molecule has 0 saturated carbocycles. The Morgan fingerprint density at radius 2 is 2.15 bits per heavy atom. The maximum absolute atomic E-state index is 9.45. The average Bonchev–Trinajstić information content (AvgIpc) is 2.46. The molecule has 1 fully saturated rings. The highest BCUT2D eigenvalue weighted by Crippen LogP contribution is 2.34. The molecule has 1 N–H and O–H groups in total. The zero-order valence-electron chi connectivity index (χ0n) is 11.8. The number of anilines is 1. The van der Waals surface area contributed by atoms with Crippen LogP contribution >= 0.6 is 0 Å². The molecule has 2 aromatic rings. The Morgan fingerprint density at radius 1 is 1.35 bits per heavy atom. The minimum Gasteiger partial charge on any atom is -0.362 e. The first-order valence-corrected chi connectivity index (χ1v) is 6.90. The van der Waals surface area contributed by atoms with Crippen molar-refractivity contribution >= 4 is 16.6 Å². The van der Waals surface area contributed by atoms with E-state index in [9.17, 15) is 5.26 Å². The molecule has 2 heterocycles. The maximum Gasteiger partial charge on any atom is 0.103 e. The predicted octanol–water partition coefficient (Wildman–Crippen LogP) is 2.29. The molecule has 0 radical (unpaired) electrons. The van der Waals surface area contributed by atoms with Crippen molar-refractivity contribution in [3.05, 3.63) is 36.0 Å². The number of nitrogens with zero attached hydrogens (tertiary/aromatic N) is 3. The number of hydrogen-bond acceptors (Lipinski definition) is 4. The maximum atomic E-state index is 9.45. The lowest BCUT2D eigenvalue weighted by atomic mass is 9.96. The number of nitriles is 1. The third-order valence-corrected chi connectivity index (χ3v) is 3.94. The molecular weight excluding hydrogens is 248 g/mol. The quantitative estimate of drug-likeness (QED) is 0.860. The summed E-state index contributed by atoms with van der Waals surface area (Å²) in [6.07, 6.45) is 1.69. The Balaban J connectivity index is 2.26.